The molecule has 0 radical (unpaired) electrons. The molecule has 0 N–H and O–H groups in total. The van der Waals surface area contributed by atoms with Crippen molar-refractivity contribution in [2.75, 3.05) is 20.2 Å². The molecule has 0 spiro atoms. The van der Waals surface area contributed by atoms with Crippen LogP contribution < -0.4 is 0 Å². The van der Waals surface area contributed by atoms with Crippen molar-refractivity contribution in [1.29, 1.82) is 0 Å². The smallest absolute Gasteiger partial charge is 0.0710 e. The Bertz CT molecular complexity index is 175. The second-order valence-electron chi connectivity index (χ2n) is 5.06. The molecule has 0 aromatic carbocycles. The van der Waals surface area contributed by atoms with Gasteiger partial charge in [-0.1, -0.05) is 6.92 Å². The van der Waals surface area contributed by atoms with Gasteiger partial charge in [0.1, 0.15) is 0 Å². The fraction of sp³-hybridized carbons (Fsp3) is 1.00. The third-order valence-electron chi connectivity index (χ3n) is 4.01. The summed E-state index contributed by atoms with van der Waals surface area (Å²) in [6, 6.07) is 0.867. The molecule has 1 heterocycles. The SMILES string of the molecule is CO[C@@H]1CCN([C@H]2CC[C@@H](C)CC2)C1. The predicted octanol–water partition coefficient (Wildman–Crippen LogP) is 2.29. The molecule has 82 valence electrons. The van der Waals surface area contributed by atoms with E-state index in [0.29, 0.717) is 6.10 Å². The Labute approximate surface area is 87.6 Å². The van der Waals surface area contributed by atoms with Crippen LogP contribution in [0.4, 0.5) is 0 Å². The third-order valence-corrected chi connectivity index (χ3v) is 4.01. The first-order valence-electron chi connectivity index (χ1n) is 6.06. The Morgan fingerprint density at radius 1 is 1.07 bits per heavy atom. The topological polar surface area (TPSA) is 12.5 Å². The number of likely N-dealkylation sites (tertiary alicyclic amines) is 1. The normalized spacial score (nSPS) is 40.3. The second-order valence-corrected chi connectivity index (χ2v) is 5.06. The van der Waals surface area contributed by atoms with E-state index in [1.807, 2.05) is 7.11 Å². The van der Waals surface area contributed by atoms with E-state index in [0.717, 1.165) is 12.0 Å². The Morgan fingerprint density at radius 2 is 1.79 bits per heavy atom. The van der Waals surface area contributed by atoms with Crippen molar-refractivity contribution < 1.29 is 4.74 Å². The van der Waals surface area contributed by atoms with Crippen LogP contribution in [0.15, 0.2) is 0 Å². The fourth-order valence-corrected chi connectivity index (χ4v) is 2.89. The average Bonchev–Trinajstić information content (AvgIpc) is 2.67. The van der Waals surface area contributed by atoms with Crippen molar-refractivity contribution in [2.45, 2.75) is 51.2 Å². The molecule has 0 bridgehead atoms. The molecule has 0 aromatic heterocycles. The van der Waals surface area contributed by atoms with E-state index in [1.165, 1.54) is 45.2 Å². The molecule has 2 heteroatoms. The molecule has 1 aliphatic carbocycles. The molecule has 1 aliphatic heterocycles. The lowest BCUT2D eigenvalue weighted by Gasteiger charge is -2.33. The van der Waals surface area contributed by atoms with Crippen LogP contribution in [0.5, 0.6) is 0 Å². The largest absolute Gasteiger partial charge is 0.380 e. The lowest BCUT2D eigenvalue weighted by molar-refractivity contribution is 0.0924. The number of rotatable bonds is 2. The van der Waals surface area contributed by atoms with E-state index in [9.17, 15) is 0 Å². The zero-order valence-corrected chi connectivity index (χ0v) is 9.54. The number of methoxy groups -OCH3 is 1. The first-order chi connectivity index (χ1) is 6.79. The van der Waals surface area contributed by atoms with Gasteiger partial charge in [-0.3, -0.25) is 4.90 Å². The maximum absolute atomic E-state index is 5.41. The van der Waals surface area contributed by atoms with Crippen molar-refractivity contribution in [3.8, 4) is 0 Å². The molecule has 0 amide bonds. The summed E-state index contributed by atoms with van der Waals surface area (Å²) in [6.45, 7) is 4.82. The summed E-state index contributed by atoms with van der Waals surface area (Å²) in [5.74, 6) is 0.965. The van der Waals surface area contributed by atoms with Gasteiger partial charge in [0.05, 0.1) is 6.10 Å². The quantitative estimate of drug-likeness (QED) is 0.673. The Morgan fingerprint density at radius 3 is 2.36 bits per heavy atom. The van der Waals surface area contributed by atoms with Gasteiger partial charge in [0, 0.05) is 26.2 Å². The summed E-state index contributed by atoms with van der Waals surface area (Å²) >= 11 is 0. The fourth-order valence-electron chi connectivity index (χ4n) is 2.89. The van der Waals surface area contributed by atoms with E-state index >= 15 is 0 Å². The van der Waals surface area contributed by atoms with Crippen LogP contribution in [-0.4, -0.2) is 37.2 Å². The standard InChI is InChI=1S/C12H23NO/c1-10-3-5-11(6-4-10)13-8-7-12(9-13)14-2/h10-12H,3-9H2,1-2H3/t10-,11+,12-/m1/s1. The zero-order chi connectivity index (χ0) is 9.97. The van der Waals surface area contributed by atoms with Gasteiger partial charge in [0.2, 0.25) is 0 Å². The molecule has 1 saturated heterocycles. The highest BCUT2D eigenvalue weighted by Gasteiger charge is 2.30. The van der Waals surface area contributed by atoms with Gasteiger partial charge >= 0.3 is 0 Å². The second kappa shape index (κ2) is 4.63. The molecule has 2 fully saturated rings. The van der Waals surface area contributed by atoms with Crippen molar-refractivity contribution in [1.82, 2.24) is 4.90 Å². The van der Waals surface area contributed by atoms with Crippen LogP contribution in [0.3, 0.4) is 0 Å². The summed E-state index contributed by atoms with van der Waals surface area (Å²) in [5, 5.41) is 0. The Hall–Kier alpha value is -0.0800. The van der Waals surface area contributed by atoms with Gasteiger partial charge in [-0.15, -0.1) is 0 Å². The van der Waals surface area contributed by atoms with Crippen molar-refractivity contribution in [3.05, 3.63) is 0 Å². The lowest BCUT2D eigenvalue weighted by Crippen LogP contribution is -2.36. The van der Waals surface area contributed by atoms with E-state index in [4.69, 9.17) is 4.74 Å². The number of hydrogen-bond donors (Lipinski definition) is 0. The van der Waals surface area contributed by atoms with Crippen molar-refractivity contribution >= 4 is 0 Å². The van der Waals surface area contributed by atoms with E-state index in [2.05, 4.69) is 11.8 Å². The number of hydrogen-bond acceptors (Lipinski definition) is 2. The maximum Gasteiger partial charge on any atom is 0.0710 e. The maximum atomic E-state index is 5.41. The van der Waals surface area contributed by atoms with Gasteiger partial charge in [0.15, 0.2) is 0 Å². The summed E-state index contributed by atoms with van der Waals surface area (Å²) in [5.41, 5.74) is 0. The lowest BCUT2D eigenvalue weighted by atomic mass is 9.87. The summed E-state index contributed by atoms with van der Waals surface area (Å²) in [4.78, 5) is 2.65. The average molecular weight is 197 g/mol. The summed E-state index contributed by atoms with van der Waals surface area (Å²) < 4.78 is 5.41. The molecule has 0 unspecified atom stereocenters. The van der Waals surface area contributed by atoms with Crippen LogP contribution in [0.25, 0.3) is 0 Å². The highest BCUT2D eigenvalue weighted by Crippen LogP contribution is 2.29. The summed E-state index contributed by atoms with van der Waals surface area (Å²) in [7, 11) is 1.84. The monoisotopic (exact) mass is 197 g/mol. The zero-order valence-electron chi connectivity index (χ0n) is 9.54. The van der Waals surface area contributed by atoms with Crippen molar-refractivity contribution in [3.63, 3.8) is 0 Å². The summed E-state index contributed by atoms with van der Waals surface area (Å²) in [6.07, 6.45) is 7.43. The minimum Gasteiger partial charge on any atom is -0.380 e. The first-order valence-corrected chi connectivity index (χ1v) is 6.06. The molecular formula is C12H23NO. The highest BCUT2D eigenvalue weighted by molar-refractivity contribution is 4.84. The minimum atomic E-state index is 0.509. The molecule has 2 rings (SSSR count). The molecular weight excluding hydrogens is 174 g/mol. The molecule has 2 nitrogen and oxygen atoms in total. The number of ether oxygens (including phenoxy) is 1. The van der Waals surface area contributed by atoms with Crippen LogP contribution in [0.1, 0.15) is 39.0 Å². The van der Waals surface area contributed by atoms with Crippen LogP contribution in [-0.2, 0) is 4.74 Å². The van der Waals surface area contributed by atoms with Gasteiger partial charge < -0.3 is 4.74 Å². The Balaban J connectivity index is 1.79. The molecule has 1 atom stereocenters. The molecule has 0 aromatic rings. The van der Waals surface area contributed by atoms with Gasteiger partial charge in [-0.2, -0.15) is 0 Å². The van der Waals surface area contributed by atoms with Gasteiger partial charge in [0.25, 0.3) is 0 Å². The van der Waals surface area contributed by atoms with Crippen LogP contribution in [0.2, 0.25) is 0 Å². The van der Waals surface area contributed by atoms with E-state index in [1.54, 1.807) is 0 Å². The van der Waals surface area contributed by atoms with Crippen LogP contribution >= 0.6 is 0 Å². The number of nitrogens with zero attached hydrogens (tertiary/aromatic N) is 1. The Kier molecular flexibility index (Phi) is 3.45. The van der Waals surface area contributed by atoms with Gasteiger partial charge in [-0.05, 0) is 38.0 Å². The predicted molar refractivity (Wildman–Crippen MR) is 58.4 cm³/mol. The van der Waals surface area contributed by atoms with Crippen LogP contribution in [0, 0.1) is 5.92 Å². The third kappa shape index (κ3) is 2.29. The highest BCUT2D eigenvalue weighted by atomic mass is 16.5. The molecule has 1 saturated carbocycles. The van der Waals surface area contributed by atoms with E-state index < -0.39 is 0 Å². The molecule has 14 heavy (non-hydrogen) atoms. The van der Waals surface area contributed by atoms with Crippen molar-refractivity contribution in [2.24, 2.45) is 5.92 Å². The molecule has 2 aliphatic rings. The van der Waals surface area contributed by atoms with E-state index in [-0.39, 0.29) is 0 Å². The minimum absolute atomic E-state index is 0.509. The first kappa shape index (κ1) is 10.4. The van der Waals surface area contributed by atoms with Gasteiger partial charge in [-0.25, -0.2) is 0 Å².